The standard InChI is InChI=1S/C21H22N2O6/c24-20(25)13-28-22-29-19-10-5-11-23(19)21(26)27-12-18-16-8-3-1-6-14(16)15-7-2-4-9-17(15)18/h1-4,6-9,18-19,22H,5,10-13H2,(H,24,25)/t19-/m1/s1. The van der Waals surface area contributed by atoms with E-state index < -0.39 is 24.9 Å². The van der Waals surface area contributed by atoms with E-state index >= 15 is 0 Å². The lowest BCUT2D eigenvalue weighted by molar-refractivity contribution is -0.222. The smallest absolute Gasteiger partial charge is 0.411 e. The van der Waals surface area contributed by atoms with Crippen molar-refractivity contribution in [2.75, 3.05) is 19.8 Å². The lowest BCUT2D eigenvalue weighted by Crippen LogP contribution is -2.41. The van der Waals surface area contributed by atoms with Crippen LogP contribution in [0, 0.1) is 0 Å². The Balaban J connectivity index is 1.37. The van der Waals surface area contributed by atoms with Gasteiger partial charge in [0.05, 0.1) is 0 Å². The molecule has 1 heterocycles. The summed E-state index contributed by atoms with van der Waals surface area (Å²) in [5, 5.41) is 8.55. The maximum atomic E-state index is 12.6. The number of benzene rings is 2. The number of carbonyl (C=O) groups excluding carboxylic acids is 1. The Bertz CT molecular complexity index is 857. The minimum Gasteiger partial charge on any atom is -0.479 e. The Morgan fingerprint density at radius 1 is 1.07 bits per heavy atom. The fourth-order valence-corrected chi connectivity index (χ4v) is 3.93. The van der Waals surface area contributed by atoms with Crippen LogP contribution in [0.5, 0.6) is 0 Å². The molecule has 2 aliphatic rings. The summed E-state index contributed by atoms with van der Waals surface area (Å²) in [6, 6.07) is 16.3. The highest BCUT2D eigenvalue weighted by Crippen LogP contribution is 2.44. The van der Waals surface area contributed by atoms with Crippen molar-refractivity contribution in [2.45, 2.75) is 25.0 Å². The molecule has 2 aromatic carbocycles. The van der Waals surface area contributed by atoms with Crippen molar-refractivity contribution < 1.29 is 29.1 Å². The van der Waals surface area contributed by atoms with Crippen LogP contribution in [0.1, 0.15) is 29.9 Å². The van der Waals surface area contributed by atoms with Gasteiger partial charge in [-0.1, -0.05) is 54.2 Å². The molecule has 0 radical (unpaired) electrons. The van der Waals surface area contributed by atoms with Gasteiger partial charge in [0, 0.05) is 12.5 Å². The molecule has 0 saturated carbocycles. The molecule has 29 heavy (non-hydrogen) atoms. The lowest BCUT2D eigenvalue weighted by atomic mass is 9.98. The summed E-state index contributed by atoms with van der Waals surface area (Å²) in [7, 11) is 0. The van der Waals surface area contributed by atoms with E-state index in [1.165, 1.54) is 16.0 Å². The number of carboxylic acids is 1. The molecule has 1 atom stereocenters. The second-order valence-electron chi connectivity index (χ2n) is 6.98. The number of fused-ring (bicyclic) bond motifs is 3. The number of aliphatic carboxylic acids is 1. The first-order valence-electron chi connectivity index (χ1n) is 9.51. The zero-order valence-electron chi connectivity index (χ0n) is 15.7. The van der Waals surface area contributed by atoms with Gasteiger partial charge >= 0.3 is 12.1 Å². The Morgan fingerprint density at radius 2 is 1.72 bits per heavy atom. The van der Waals surface area contributed by atoms with Gasteiger partial charge in [-0.05, 0) is 35.1 Å². The van der Waals surface area contributed by atoms with Crippen LogP contribution in [0.3, 0.4) is 0 Å². The fraction of sp³-hybridized carbons (Fsp3) is 0.333. The Labute approximate surface area is 167 Å². The third kappa shape index (κ3) is 4.09. The topological polar surface area (TPSA) is 97.3 Å². The summed E-state index contributed by atoms with van der Waals surface area (Å²) in [6.45, 7) is 0.193. The predicted molar refractivity (Wildman–Crippen MR) is 103 cm³/mol. The number of nitrogens with one attached hydrogen (secondary N) is 1. The van der Waals surface area contributed by atoms with E-state index in [4.69, 9.17) is 14.7 Å². The van der Waals surface area contributed by atoms with Crippen molar-refractivity contribution in [1.29, 1.82) is 0 Å². The Kier molecular flexibility index (Phi) is 5.75. The molecule has 1 amide bonds. The molecular formula is C21H22N2O6. The first-order valence-corrected chi connectivity index (χ1v) is 9.51. The van der Waals surface area contributed by atoms with Gasteiger partial charge in [-0.25, -0.2) is 9.59 Å². The molecule has 2 N–H and O–H groups in total. The number of nitrogens with zero attached hydrogens (tertiary/aromatic N) is 1. The molecule has 0 aromatic heterocycles. The number of hydrogen-bond donors (Lipinski definition) is 2. The molecule has 0 bridgehead atoms. The average molecular weight is 398 g/mol. The number of ether oxygens (including phenoxy) is 1. The summed E-state index contributed by atoms with van der Waals surface area (Å²) in [5.74, 6) is -1.13. The van der Waals surface area contributed by atoms with E-state index in [2.05, 4.69) is 34.7 Å². The molecule has 152 valence electrons. The van der Waals surface area contributed by atoms with Gasteiger partial charge in [0.25, 0.3) is 0 Å². The van der Waals surface area contributed by atoms with E-state index in [0.29, 0.717) is 13.0 Å². The van der Waals surface area contributed by atoms with Gasteiger partial charge in [0.15, 0.2) is 12.8 Å². The van der Waals surface area contributed by atoms with Gasteiger partial charge < -0.3 is 9.84 Å². The summed E-state index contributed by atoms with van der Waals surface area (Å²) < 4.78 is 5.64. The number of carboxylic acid groups (broad SMARTS) is 1. The first kappa shape index (κ1) is 19.4. The summed E-state index contributed by atoms with van der Waals surface area (Å²) in [5.41, 5.74) is 6.79. The lowest BCUT2D eigenvalue weighted by Gasteiger charge is -2.24. The highest BCUT2D eigenvalue weighted by molar-refractivity contribution is 5.79. The van der Waals surface area contributed by atoms with Gasteiger partial charge in [0.2, 0.25) is 0 Å². The summed E-state index contributed by atoms with van der Waals surface area (Å²) in [4.78, 5) is 34.5. The molecule has 0 spiro atoms. The van der Waals surface area contributed by atoms with Crippen LogP contribution in [0.2, 0.25) is 0 Å². The third-order valence-electron chi connectivity index (χ3n) is 5.21. The molecule has 1 saturated heterocycles. The highest BCUT2D eigenvalue weighted by atomic mass is 16.9. The van der Waals surface area contributed by atoms with Gasteiger partial charge in [0.1, 0.15) is 6.61 Å². The quantitative estimate of drug-likeness (QED) is 0.547. The van der Waals surface area contributed by atoms with Crippen LogP contribution in [-0.2, 0) is 19.2 Å². The third-order valence-corrected chi connectivity index (χ3v) is 5.21. The highest BCUT2D eigenvalue weighted by Gasteiger charge is 2.33. The molecule has 4 rings (SSSR count). The molecular weight excluding hydrogens is 376 g/mol. The van der Waals surface area contributed by atoms with E-state index in [9.17, 15) is 9.59 Å². The molecule has 0 unspecified atom stereocenters. The van der Waals surface area contributed by atoms with Crippen LogP contribution >= 0.6 is 0 Å². The molecule has 1 aliphatic heterocycles. The number of likely N-dealkylation sites (tertiary alicyclic amines) is 1. The molecule has 1 aliphatic carbocycles. The maximum Gasteiger partial charge on any atom is 0.411 e. The monoisotopic (exact) mass is 398 g/mol. The van der Waals surface area contributed by atoms with Crippen molar-refractivity contribution in [1.82, 2.24) is 10.5 Å². The normalized spacial score (nSPS) is 17.8. The second-order valence-corrected chi connectivity index (χ2v) is 6.98. The van der Waals surface area contributed by atoms with Crippen molar-refractivity contribution in [3.63, 3.8) is 0 Å². The maximum absolute atomic E-state index is 12.6. The van der Waals surface area contributed by atoms with Crippen molar-refractivity contribution in [3.8, 4) is 11.1 Å². The number of rotatable bonds is 7. The van der Waals surface area contributed by atoms with Gasteiger partial charge in [-0.15, -0.1) is 0 Å². The van der Waals surface area contributed by atoms with E-state index in [0.717, 1.165) is 17.5 Å². The largest absolute Gasteiger partial charge is 0.479 e. The van der Waals surface area contributed by atoms with E-state index in [-0.39, 0.29) is 12.5 Å². The molecule has 1 fully saturated rings. The Morgan fingerprint density at radius 3 is 2.38 bits per heavy atom. The van der Waals surface area contributed by atoms with Crippen LogP contribution in [0.4, 0.5) is 4.79 Å². The zero-order chi connectivity index (χ0) is 20.2. The summed E-state index contributed by atoms with van der Waals surface area (Å²) >= 11 is 0. The molecule has 2 aromatic rings. The number of hydrogen-bond acceptors (Lipinski definition) is 6. The van der Waals surface area contributed by atoms with Crippen molar-refractivity contribution in [3.05, 3.63) is 59.7 Å². The zero-order valence-corrected chi connectivity index (χ0v) is 15.7. The first-order chi connectivity index (χ1) is 14.1. The van der Waals surface area contributed by atoms with Crippen molar-refractivity contribution in [2.24, 2.45) is 0 Å². The van der Waals surface area contributed by atoms with Crippen LogP contribution in [0.25, 0.3) is 11.1 Å². The average Bonchev–Trinajstić information content (AvgIpc) is 3.32. The minimum atomic E-state index is -1.12. The van der Waals surface area contributed by atoms with Crippen LogP contribution in [0.15, 0.2) is 48.5 Å². The van der Waals surface area contributed by atoms with Crippen LogP contribution < -0.4 is 5.64 Å². The van der Waals surface area contributed by atoms with Gasteiger partial charge in [-0.2, -0.15) is 0 Å². The molecule has 8 nitrogen and oxygen atoms in total. The Hall–Kier alpha value is -2.94. The second kappa shape index (κ2) is 8.60. The minimum absolute atomic E-state index is 0.00894. The van der Waals surface area contributed by atoms with Gasteiger partial charge in [-0.3, -0.25) is 14.6 Å². The van der Waals surface area contributed by atoms with E-state index in [1.54, 1.807) is 0 Å². The molecule has 8 heteroatoms. The number of carbonyl (C=O) groups is 2. The van der Waals surface area contributed by atoms with Crippen LogP contribution in [-0.4, -0.2) is 48.1 Å². The SMILES string of the molecule is O=C(O)CONO[C@@H]1CCCN1C(=O)OCC1c2ccccc2-c2ccccc21. The van der Waals surface area contributed by atoms with E-state index in [1.807, 2.05) is 24.3 Å². The fourth-order valence-electron chi connectivity index (χ4n) is 3.93. The van der Waals surface area contributed by atoms with Crippen molar-refractivity contribution >= 4 is 12.1 Å². The summed E-state index contributed by atoms with van der Waals surface area (Å²) in [6.07, 6.45) is 0.331. The number of amides is 1. The predicted octanol–water partition coefficient (Wildman–Crippen LogP) is 2.89.